The van der Waals surface area contributed by atoms with Crippen molar-refractivity contribution in [2.24, 2.45) is 0 Å². The summed E-state index contributed by atoms with van der Waals surface area (Å²) in [5, 5.41) is 9.18. The molecule has 5 nitrogen and oxygen atoms in total. The largest absolute Gasteiger partial charge is 0.481 e. The van der Waals surface area contributed by atoms with Gasteiger partial charge in [0.1, 0.15) is 5.82 Å². The Labute approximate surface area is 120 Å². The Bertz CT molecular complexity index is 768. The minimum atomic E-state index is -1.01. The molecule has 1 aromatic heterocycles. The van der Waals surface area contributed by atoms with E-state index in [2.05, 4.69) is 4.98 Å². The number of halogens is 1. The average molecular weight is 290 g/mol. The molecule has 0 aliphatic rings. The van der Waals surface area contributed by atoms with Gasteiger partial charge in [0.05, 0.1) is 11.6 Å². The number of nitrogens with zero attached hydrogens (tertiary/aromatic N) is 2. The number of carboxylic acid groups (broad SMARTS) is 1. The van der Waals surface area contributed by atoms with Gasteiger partial charge in [0.15, 0.2) is 0 Å². The zero-order valence-electron chi connectivity index (χ0n) is 11.9. The first kappa shape index (κ1) is 14.9. The van der Waals surface area contributed by atoms with Crippen LogP contribution in [0.4, 0.5) is 4.39 Å². The average Bonchev–Trinajstić information content (AvgIpc) is 2.37. The van der Waals surface area contributed by atoms with Crippen molar-refractivity contribution in [2.75, 3.05) is 0 Å². The Morgan fingerprint density at radius 1 is 1.38 bits per heavy atom. The molecule has 0 radical (unpaired) electrons. The first-order chi connectivity index (χ1) is 9.82. The molecule has 21 heavy (non-hydrogen) atoms. The SMILES string of the molecule is Cc1nc(=O)n(-c2cccc(F)c2)c(C)c1C(C)C(=O)O. The lowest BCUT2D eigenvalue weighted by atomic mass is 9.98. The van der Waals surface area contributed by atoms with E-state index in [9.17, 15) is 19.1 Å². The maximum Gasteiger partial charge on any atom is 0.352 e. The van der Waals surface area contributed by atoms with E-state index >= 15 is 0 Å². The Hall–Kier alpha value is -2.50. The van der Waals surface area contributed by atoms with Crippen molar-refractivity contribution in [1.82, 2.24) is 9.55 Å². The van der Waals surface area contributed by atoms with Crippen molar-refractivity contribution < 1.29 is 14.3 Å². The molecule has 0 bridgehead atoms. The van der Waals surface area contributed by atoms with Gasteiger partial charge in [-0.2, -0.15) is 4.98 Å². The van der Waals surface area contributed by atoms with Crippen LogP contribution in [0.3, 0.4) is 0 Å². The molecule has 2 rings (SSSR count). The van der Waals surface area contributed by atoms with Crippen LogP contribution in [0.2, 0.25) is 0 Å². The number of aryl methyl sites for hydroxylation is 1. The highest BCUT2D eigenvalue weighted by atomic mass is 19.1. The number of carboxylic acids is 1. The molecule has 1 atom stereocenters. The van der Waals surface area contributed by atoms with E-state index in [0.29, 0.717) is 22.6 Å². The van der Waals surface area contributed by atoms with Crippen LogP contribution in [-0.4, -0.2) is 20.6 Å². The van der Waals surface area contributed by atoms with Crippen LogP contribution in [0.5, 0.6) is 0 Å². The second kappa shape index (κ2) is 5.47. The molecule has 0 aliphatic heterocycles. The van der Waals surface area contributed by atoms with E-state index in [1.807, 2.05) is 0 Å². The molecule has 1 unspecified atom stereocenters. The van der Waals surface area contributed by atoms with Gasteiger partial charge in [0.2, 0.25) is 0 Å². The molecule has 0 aliphatic carbocycles. The van der Waals surface area contributed by atoms with Crippen LogP contribution in [0, 0.1) is 19.7 Å². The summed E-state index contributed by atoms with van der Waals surface area (Å²) in [6.07, 6.45) is 0. The summed E-state index contributed by atoms with van der Waals surface area (Å²) >= 11 is 0. The van der Waals surface area contributed by atoms with Gasteiger partial charge in [-0.15, -0.1) is 0 Å². The number of aliphatic carboxylic acids is 1. The van der Waals surface area contributed by atoms with Gasteiger partial charge in [0, 0.05) is 17.0 Å². The van der Waals surface area contributed by atoms with Gasteiger partial charge in [-0.05, 0) is 39.0 Å². The number of carbonyl (C=O) groups is 1. The normalized spacial score (nSPS) is 12.2. The van der Waals surface area contributed by atoms with Gasteiger partial charge < -0.3 is 5.11 Å². The van der Waals surface area contributed by atoms with Crippen molar-refractivity contribution in [3.05, 3.63) is 57.5 Å². The third kappa shape index (κ3) is 2.69. The molecular formula is C15H15FN2O3. The Balaban J connectivity index is 2.76. The van der Waals surface area contributed by atoms with E-state index in [1.165, 1.54) is 29.7 Å². The molecule has 1 N–H and O–H groups in total. The number of rotatable bonds is 3. The van der Waals surface area contributed by atoms with E-state index in [1.54, 1.807) is 19.9 Å². The smallest absolute Gasteiger partial charge is 0.352 e. The summed E-state index contributed by atoms with van der Waals surface area (Å²) in [6.45, 7) is 4.76. The van der Waals surface area contributed by atoms with Gasteiger partial charge >= 0.3 is 11.7 Å². The fourth-order valence-electron chi connectivity index (χ4n) is 2.45. The van der Waals surface area contributed by atoms with Crippen molar-refractivity contribution in [2.45, 2.75) is 26.7 Å². The van der Waals surface area contributed by atoms with Crippen LogP contribution in [0.15, 0.2) is 29.1 Å². The number of aromatic nitrogens is 2. The lowest BCUT2D eigenvalue weighted by Gasteiger charge is -2.18. The molecule has 0 spiro atoms. The molecule has 0 amide bonds. The second-order valence-corrected chi connectivity index (χ2v) is 4.85. The number of hydrogen-bond acceptors (Lipinski definition) is 3. The zero-order valence-corrected chi connectivity index (χ0v) is 11.9. The fourth-order valence-corrected chi connectivity index (χ4v) is 2.45. The topological polar surface area (TPSA) is 72.2 Å². The predicted molar refractivity (Wildman–Crippen MR) is 75.3 cm³/mol. The predicted octanol–water partition coefficient (Wildman–Crippen LogP) is 2.18. The summed E-state index contributed by atoms with van der Waals surface area (Å²) in [7, 11) is 0. The zero-order chi connectivity index (χ0) is 15.7. The monoisotopic (exact) mass is 290 g/mol. The Kier molecular flexibility index (Phi) is 3.88. The molecule has 0 fully saturated rings. The van der Waals surface area contributed by atoms with Crippen molar-refractivity contribution in [3.8, 4) is 5.69 Å². The van der Waals surface area contributed by atoms with E-state index in [4.69, 9.17) is 0 Å². The maximum absolute atomic E-state index is 13.4. The van der Waals surface area contributed by atoms with Gasteiger partial charge in [0.25, 0.3) is 0 Å². The standard InChI is InChI=1S/C15H15FN2O3/c1-8(14(19)20)13-9(2)17-15(21)18(10(13)3)12-6-4-5-11(16)7-12/h4-8H,1-3H3,(H,19,20). The van der Waals surface area contributed by atoms with E-state index < -0.39 is 23.4 Å². The Morgan fingerprint density at radius 3 is 2.62 bits per heavy atom. The van der Waals surface area contributed by atoms with Crippen molar-refractivity contribution in [1.29, 1.82) is 0 Å². The van der Waals surface area contributed by atoms with Gasteiger partial charge in [-0.25, -0.2) is 9.18 Å². The minimum Gasteiger partial charge on any atom is -0.481 e. The van der Waals surface area contributed by atoms with Crippen LogP contribution in [-0.2, 0) is 4.79 Å². The number of benzene rings is 1. The van der Waals surface area contributed by atoms with Crippen LogP contribution < -0.4 is 5.69 Å². The summed E-state index contributed by atoms with van der Waals surface area (Å²) in [6, 6.07) is 5.54. The minimum absolute atomic E-state index is 0.323. The van der Waals surface area contributed by atoms with E-state index in [0.717, 1.165) is 0 Å². The highest BCUT2D eigenvalue weighted by Crippen LogP contribution is 2.23. The molecule has 0 saturated heterocycles. The highest BCUT2D eigenvalue weighted by molar-refractivity contribution is 5.76. The fraction of sp³-hybridized carbons (Fsp3) is 0.267. The molecule has 6 heteroatoms. The summed E-state index contributed by atoms with van der Waals surface area (Å²) in [5.41, 5.74) is 1.06. The lowest BCUT2D eigenvalue weighted by Crippen LogP contribution is -2.28. The molecule has 1 aromatic carbocycles. The molecule has 1 heterocycles. The molecular weight excluding hydrogens is 275 g/mol. The van der Waals surface area contributed by atoms with Gasteiger partial charge in [-0.1, -0.05) is 6.07 Å². The Morgan fingerprint density at radius 2 is 2.05 bits per heavy atom. The third-order valence-corrected chi connectivity index (χ3v) is 3.44. The molecule has 110 valence electrons. The first-order valence-electron chi connectivity index (χ1n) is 6.41. The summed E-state index contributed by atoms with van der Waals surface area (Å²) in [5.74, 6) is -2.29. The van der Waals surface area contributed by atoms with Crippen molar-refractivity contribution >= 4 is 5.97 Å². The first-order valence-corrected chi connectivity index (χ1v) is 6.41. The third-order valence-electron chi connectivity index (χ3n) is 3.44. The second-order valence-electron chi connectivity index (χ2n) is 4.85. The van der Waals surface area contributed by atoms with Crippen molar-refractivity contribution in [3.63, 3.8) is 0 Å². The summed E-state index contributed by atoms with van der Waals surface area (Å²) in [4.78, 5) is 27.2. The molecule has 0 saturated carbocycles. The van der Waals surface area contributed by atoms with Gasteiger partial charge in [-0.3, -0.25) is 9.36 Å². The number of hydrogen-bond donors (Lipinski definition) is 1. The van der Waals surface area contributed by atoms with Crippen LogP contribution in [0.25, 0.3) is 5.69 Å². The van der Waals surface area contributed by atoms with Crippen LogP contribution in [0.1, 0.15) is 29.8 Å². The summed E-state index contributed by atoms with van der Waals surface area (Å²) < 4.78 is 14.6. The van der Waals surface area contributed by atoms with Crippen LogP contribution >= 0.6 is 0 Å². The maximum atomic E-state index is 13.4. The van der Waals surface area contributed by atoms with E-state index in [-0.39, 0.29) is 0 Å². The molecule has 2 aromatic rings. The lowest BCUT2D eigenvalue weighted by molar-refractivity contribution is -0.138. The highest BCUT2D eigenvalue weighted by Gasteiger charge is 2.22. The quantitative estimate of drug-likeness (QED) is 0.940.